The maximum absolute atomic E-state index is 12.8. The summed E-state index contributed by atoms with van der Waals surface area (Å²) in [5.74, 6) is 0. The van der Waals surface area contributed by atoms with Crippen molar-refractivity contribution in [2.75, 3.05) is 0 Å². The van der Waals surface area contributed by atoms with Crippen molar-refractivity contribution in [2.24, 2.45) is 0 Å². The summed E-state index contributed by atoms with van der Waals surface area (Å²) in [6.45, 7) is 5.64. The molecule has 2 aromatic carbocycles. The lowest BCUT2D eigenvalue weighted by Crippen LogP contribution is -2.27. The summed E-state index contributed by atoms with van der Waals surface area (Å²) in [7, 11) is 0. The highest BCUT2D eigenvalue weighted by molar-refractivity contribution is 14.1. The van der Waals surface area contributed by atoms with E-state index in [0.717, 1.165) is 25.7 Å². The van der Waals surface area contributed by atoms with E-state index in [1.807, 2.05) is 75.4 Å². The van der Waals surface area contributed by atoms with Crippen molar-refractivity contribution >= 4 is 39.6 Å². The van der Waals surface area contributed by atoms with E-state index in [-0.39, 0.29) is 6.09 Å². The number of aromatic nitrogens is 1. The summed E-state index contributed by atoms with van der Waals surface area (Å²) in [5, 5.41) is 1.05. The molecule has 0 amide bonds. The summed E-state index contributed by atoms with van der Waals surface area (Å²) < 4.78 is 8.36. The molecule has 0 aliphatic heterocycles. The van der Waals surface area contributed by atoms with Crippen LogP contribution in [0.3, 0.4) is 0 Å². The van der Waals surface area contributed by atoms with Crippen molar-refractivity contribution < 1.29 is 9.53 Å². The van der Waals surface area contributed by atoms with Gasteiger partial charge in [0.25, 0.3) is 0 Å². The molecule has 0 N–H and O–H groups in total. The molecule has 0 unspecified atom stereocenters. The first-order chi connectivity index (χ1) is 10.9. The summed E-state index contributed by atoms with van der Waals surface area (Å²) in [6, 6.07) is 17.8. The van der Waals surface area contributed by atoms with E-state index in [9.17, 15) is 4.79 Å². The predicted molar refractivity (Wildman–Crippen MR) is 102 cm³/mol. The van der Waals surface area contributed by atoms with Crippen LogP contribution in [-0.2, 0) is 4.74 Å². The number of para-hydroxylation sites is 1. The zero-order chi connectivity index (χ0) is 16.6. The van der Waals surface area contributed by atoms with Crippen molar-refractivity contribution in [2.45, 2.75) is 26.4 Å². The number of hydrogen-bond acceptors (Lipinski definition) is 2. The van der Waals surface area contributed by atoms with Crippen LogP contribution in [0.1, 0.15) is 20.8 Å². The maximum Gasteiger partial charge on any atom is 0.419 e. The van der Waals surface area contributed by atoms with Crippen LogP contribution in [0.25, 0.3) is 22.2 Å². The smallest absolute Gasteiger partial charge is 0.419 e. The molecule has 3 aromatic rings. The van der Waals surface area contributed by atoms with Gasteiger partial charge in [-0.2, -0.15) is 0 Å². The molecule has 0 saturated carbocycles. The van der Waals surface area contributed by atoms with Gasteiger partial charge in [-0.15, -0.1) is 0 Å². The molecule has 0 atom stereocenters. The topological polar surface area (TPSA) is 31.2 Å². The Kier molecular flexibility index (Phi) is 4.19. The van der Waals surface area contributed by atoms with Crippen molar-refractivity contribution in [1.82, 2.24) is 4.57 Å². The maximum atomic E-state index is 12.8. The highest BCUT2D eigenvalue weighted by atomic mass is 127. The first-order valence-corrected chi connectivity index (χ1v) is 8.54. The molecule has 0 fully saturated rings. The summed E-state index contributed by atoms with van der Waals surface area (Å²) in [4.78, 5) is 12.8. The molecule has 23 heavy (non-hydrogen) atoms. The number of nitrogens with zero attached hydrogens (tertiary/aromatic N) is 1. The minimum absolute atomic E-state index is 0.351. The van der Waals surface area contributed by atoms with Crippen molar-refractivity contribution in [3.05, 3.63) is 58.2 Å². The molecule has 1 aromatic heterocycles. The van der Waals surface area contributed by atoms with Crippen molar-refractivity contribution in [3.8, 4) is 11.3 Å². The number of carbonyl (C=O) groups excluding carboxylic acids is 1. The van der Waals surface area contributed by atoms with Crippen LogP contribution < -0.4 is 0 Å². The van der Waals surface area contributed by atoms with Crippen LogP contribution in [0.15, 0.2) is 54.6 Å². The molecule has 3 rings (SSSR count). The highest BCUT2D eigenvalue weighted by Gasteiger charge is 2.25. The Balaban J connectivity index is 2.28. The van der Waals surface area contributed by atoms with Crippen LogP contribution in [0.5, 0.6) is 0 Å². The lowest BCUT2D eigenvalue weighted by Gasteiger charge is -2.21. The first kappa shape index (κ1) is 16.1. The molecule has 0 bridgehead atoms. The minimum Gasteiger partial charge on any atom is -0.443 e. The van der Waals surface area contributed by atoms with E-state index in [4.69, 9.17) is 4.74 Å². The second-order valence-corrected chi connectivity index (χ2v) is 7.44. The quantitative estimate of drug-likeness (QED) is 0.474. The number of rotatable bonds is 1. The summed E-state index contributed by atoms with van der Waals surface area (Å²) in [5.41, 5.74) is 2.20. The average molecular weight is 419 g/mol. The van der Waals surface area contributed by atoms with Crippen LogP contribution >= 0.6 is 22.6 Å². The monoisotopic (exact) mass is 419 g/mol. The van der Waals surface area contributed by atoms with E-state index in [1.54, 1.807) is 4.57 Å². The van der Waals surface area contributed by atoms with Crippen LogP contribution in [0.4, 0.5) is 4.79 Å². The van der Waals surface area contributed by atoms with E-state index in [1.165, 1.54) is 0 Å². The molecule has 0 aliphatic rings. The Labute approximate surface area is 149 Å². The van der Waals surface area contributed by atoms with Crippen LogP contribution in [0.2, 0.25) is 0 Å². The van der Waals surface area contributed by atoms with Gasteiger partial charge in [-0.25, -0.2) is 9.36 Å². The highest BCUT2D eigenvalue weighted by Crippen LogP contribution is 2.35. The molecule has 1 heterocycles. The van der Waals surface area contributed by atoms with Gasteiger partial charge in [-0.05, 0) is 55.0 Å². The number of halogens is 1. The third-order valence-electron chi connectivity index (χ3n) is 3.44. The number of ether oxygens (including phenoxy) is 1. The number of hydrogen-bond donors (Lipinski definition) is 0. The molecular weight excluding hydrogens is 401 g/mol. The minimum atomic E-state index is -0.540. The van der Waals surface area contributed by atoms with E-state index >= 15 is 0 Å². The zero-order valence-electron chi connectivity index (χ0n) is 13.3. The van der Waals surface area contributed by atoms with Gasteiger partial charge in [-0.3, -0.25) is 0 Å². The Hall–Kier alpha value is -1.82. The van der Waals surface area contributed by atoms with Crippen LogP contribution in [-0.4, -0.2) is 16.3 Å². The third-order valence-corrected chi connectivity index (χ3v) is 4.53. The first-order valence-electron chi connectivity index (χ1n) is 7.46. The number of benzene rings is 2. The SMILES string of the molecule is CC(C)(C)OC(=O)n1c(-c2ccccc2)c(I)c2ccccc21. The van der Waals surface area contributed by atoms with E-state index in [2.05, 4.69) is 22.6 Å². The second kappa shape index (κ2) is 6.00. The van der Waals surface area contributed by atoms with E-state index < -0.39 is 5.60 Å². The Morgan fingerprint density at radius 2 is 1.61 bits per heavy atom. The molecule has 0 radical (unpaired) electrons. The molecule has 3 nitrogen and oxygen atoms in total. The predicted octanol–water partition coefficient (Wildman–Crippen LogP) is 5.70. The normalized spacial score (nSPS) is 11.7. The fourth-order valence-electron chi connectivity index (χ4n) is 2.55. The van der Waals surface area contributed by atoms with Crippen molar-refractivity contribution in [1.29, 1.82) is 0 Å². The molecule has 4 heteroatoms. The average Bonchev–Trinajstić information content (AvgIpc) is 2.80. The lowest BCUT2D eigenvalue weighted by atomic mass is 10.1. The molecule has 0 saturated heterocycles. The van der Waals surface area contributed by atoms with Crippen molar-refractivity contribution in [3.63, 3.8) is 0 Å². The van der Waals surface area contributed by atoms with Gasteiger partial charge < -0.3 is 4.74 Å². The number of fused-ring (bicyclic) bond motifs is 1. The number of carbonyl (C=O) groups is 1. The standard InChI is InChI=1S/C19H18INO2/c1-19(2,3)23-18(22)21-15-12-8-7-11-14(15)16(20)17(21)13-9-5-4-6-10-13/h4-12H,1-3H3. The van der Waals surface area contributed by atoms with Gasteiger partial charge in [0, 0.05) is 8.96 Å². The molecule has 0 aliphatic carbocycles. The fourth-order valence-corrected chi connectivity index (χ4v) is 3.56. The van der Waals surface area contributed by atoms with Gasteiger partial charge in [0.1, 0.15) is 5.60 Å². The third kappa shape index (κ3) is 3.13. The zero-order valence-corrected chi connectivity index (χ0v) is 15.5. The summed E-state index contributed by atoms with van der Waals surface area (Å²) >= 11 is 2.31. The molecule has 118 valence electrons. The summed E-state index contributed by atoms with van der Waals surface area (Å²) in [6.07, 6.45) is -0.351. The van der Waals surface area contributed by atoms with Gasteiger partial charge in [-0.1, -0.05) is 48.5 Å². The fraction of sp³-hybridized carbons (Fsp3) is 0.211. The van der Waals surface area contributed by atoms with Crippen LogP contribution in [0, 0.1) is 3.57 Å². The van der Waals surface area contributed by atoms with Gasteiger partial charge in [0.2, 0.25) is 0 Å². The van der Waals surface area contributed by atoms with E-state index in [0.29, 0.717) is 0 Å². The van der Waals surface area contributed by atoms with Gasteiger partial charge in [0.05, 0.1) is 11.2 Å². The van der Waals surface area contributed by atoms with Gasteiger partial charge in [0.15, 0.2) is 0 Å². The Morgan fingerprint density at radius 3 is 2.26 bits per heavy atom. The molecular formula is C19H18INO2. The second-order valence-electron chi connectivity index (χ2n) is 6.36. The Morgan fingerprint density at radius 1 is 1.00 bits per heavy atom. The molecule has 0 spiro atoms. The Bertz CT molecular complexity index is 860. The largest absolute Gasteiger partial charge is 0.443 e. The lowest BCUT2D eigenvalue weighted by molar-refractivity contribution is 0.0547. The van der Waals surface area contributed by atoms with Gasteiger partial charge >= 0.3 is 6.09 Å².